The molecule has 0 unspecified atom stereocenters. The number of methoxy groups -OCH3 is 3. The normalized spacial score (nSPS) is 10.9. The second-order valence-electron chi connectivity index (χ2n) is 5.68. The lowest BCUT2D eigenvalue weighted by Gasteiger charge is -2.14. The molecule has 0 fully saturated rings. The Morgan fingerprint density at radius 2 is 1.74 bits per heavy atom. The molecule has 4 rings (SSSR count). The van der Waals surface area contributed by atoms with Gasteiger partial charge in [-0.05, 0) is 18.2 Å². The molecule has 0 aliphatic heterocycles. The molecule has 0 atom stereocenters. The molecule has 6 nitrogen and oxygen atoms in total. The average molecular weight is 382 g/mol. The van der Waals surface area contributed by atoms with Gasteiger partial charge in [-0.1, -0.05) is 30.0 Å². The number of oxazole rings is 1. The molecule has 0 radical (unpaired) electrons. The highest BCUT2D eigenvalue weighted by molar-refractivity contribution is 7.99. The summed E-state index contributed by atoms with van der Waals surface area (Å²) in [4.78, 5) is 9.66. The number of ether oxygens (including phenoxy) is 3. The molecule has 0 aliphatic carbocycles. The Balaban J connectivity index is 1.85. The van der Waals surface area contributed by atoms with E-state index in [0.29, 0.717) is 23.1 Å². The molecule has 0 aliphatic rings. The van der Waals surface area contributed by atoms with Gasteiger partial charge in [0.2, 0.25) is 11.6 Å². The van der Waals surface area contributed by atoms with Gasteiger partial charge in [0, 0.05) is 15.8 Å². The maximum atomic E-state index is 5.53. The highest BCUT2D eigenvalue weighted by Crippen LogP contribution is 2.46. The number of para-hydroxylation sites is 1. The summed E-state index contributed by atoms with van der Waals surface area (Å²) >= 11 is 1.58. The minimum absolute atomic E-state index is 0.543. The van der Waals surface area contributed by atoms with Crippen LogP contribution in [0.2, 0.25) is 0 Å². The Bertz CT molecular complexity index is 1050. The van der Waals surface area contributed by atoms with E-state index in [4.69, 9.17) is 18.6 Å². The molecular weight excluding hydrogens is 364 g/mol. The molecule has 27 heavy (non-hydrogen) atoms. The van der Waals surface area contributed by atoms with Crippen LogP contribution in [0.15, 0.2) is 63.1 Å². The second-order valence-corrected chi connectivity index (χ2v) is 6.76. The minimum atomic E-state index is 0.543. The number of nitrogens with one attached hydrogen (secondary N) is 1. The van der Waals surface area contributed by atoms with Crippen LogP contribution in [0.4, 0.5) is 0 Å². The molecule has 0 amide bonds. The average Bonchev–Trinajstić information content (AvgIpc) is 3.35. The van der Waals surface area contributed by atoms with E-state index in [1.54, 1.807) is 45.6 Å². The van der Waals surface area contributed by atoms with Crippen molar-refractivity contribution < 1.29 is 18.6 Å². The quantitative estimate of drug-likeness (QED) is 0.506. The van der Waals surface area contributed by atoms with Crippen LogP contribution in [0, 0.1) is 0 Å². The largest absolute Gasteiger partial charge is 0.493 e. The summed E-state index contributed by atoms with van der Waals surface area (Å²) in [6, 6.07) is 11.9. The molecular formula is C20H18N2O4S. The Kier molecular flexibility index (Phi) is 4.68. The summed E-state index contributed by atoms with van der Waals surface area (Å²) in [5.41, 5.74) is 1.85. The maximum absolute atomic E-state index is 5.53. The Morgan fingerprint density at radius 1 is 1.00 bits per heavy atom. The molecule has 0 spiro atoms. The molecule has 2 aromatic heterocycles. The molecule has 2 aromatic carbocycles. The summed E-state index contributed by atoms with van der Waals surface area (Å²) in [7, 11) is 4.80. The van der Waals surface area contributed by atoms with Crippen LogP contribution < -0.4 is 14.2 Å². The van der Waals surface area contributed by atoms with Crippen molar-refractivity contribution in [3.63, 3.8) is 0 Å². The molecule has 138 valence electrons. The monoisotopic (exact) mass is 382 g/mol. The van der Waals surface area contributed by atoms with E-state index in [0.717, 1.165) is 26.4 Å². The summed E-state index contributed by atoms with van der Waals surface area (Å²) in [5, 5.41) is 1.09. The standard InChI is InChI=1S/C20H18N2O4S/c1-23-15-10-12(11-16(24-2)18(15)25-3)27-19-13-6-4-5-7-14(13)22-17(19)20-21-8-9-26-20/h4-11,22H,1-3H3. The van der Waals surface area contributed by atoms with E-state index >= 15 is 0 Å². The molecule has 7 heteroatoms. The Labute approximate surface area is 160 Å². The molecule has 1 N–H and O–H groups in total. The Hall–Kier alpha value is -3.06. The molecule has 0 bridgehead atoms. The van der Waals surface area contributed by atoms with Gasteiger partial charge in [-0.2, -0.15) is 0 Å². The van der Waals surface area contributed by atoms with Crippen LogP contribution >= 0.6 is 11.8 Å². The first kappa shape index (κ1) is 17.4. The summed E-state index contributed by atoms with van der Waals surface area (Å²) in [5.74, 6) is 2.33. The van der Waals surface area contributed by atoms with Crippen molar-refractivity contribution in [3.05, 3.63) is 48.9 Å². The number of rotatable bonds is 6. The number of benzene rings is 2. The number of aromatic amines is 1. The fourth-order valence-corrected chi connectivity index (χ4v) is 4.05. The lowest BCUT2D eigenvalue weighted by Crippen LogP contribution is -1.95. The van der Waals surface area contributed by atoms with Gasteiger partial charge in [0.05, 0.1) is 32.4 Å². The maximum Gasteiger partial charge on any atom is 0.244 e. The van der Waals surface area contributed by atoms with Gasteiger partial charge in [0.25, 0.3) is 0 Å². The topological polar surface area (TPSA) is 69.5 Å². The summed E-state index contributed by atoms with van der Waals surface area (Å²) in [6.45, 7) is 0. The van der Waals surface area contributed by atoms with Gasteiger partial charge in [-0.3, -0.25) is 0 Å². The van der Waals surface area contributed by atoms with Crippen molar-refractivity contribution in [2.24, 2.45) is 0 Å². The summed E-state index contributed by atoms with van der Waals surface area (Å²) < 4.78 is 21.9. The zero-order chi connectivity index (χ0) is 18.8. The number of aromatic nitrogens is 2. The third-order valence-electron chi connectivity index (χ3n) is 4.16. The molecule has 2 heterocycles. The predicted molar refractivity (Wildman–Crippen MR) is 104 cm³/mol. The zero-order valence-electron chi connectivity index (χ0n) is 15.1. The first-order valence-corrected chi connectivity index (χ1v) is 9.05. The van der Waals surface area contributed by atoms with Gasteiger partial charge in [-0.15, -0.1) is 0 Å². The number of fused-ring (bicyclic) bond motifs is 1. The SMILES string of the molecule is COc1cc(Sc2c(-c3ncco3)[nH]c3ccccc23)cc(OC)c1OC. The highest BCUT2D eigenvalue weighted by atomic mass is 32.2. The van der Waals surface area contributed by atoms with Crippen LogP contribution in [0.1, 0.15) is 0 Å². The van der Waals surface area contributed by atoms with Gasteiger partial charge in [0.15, 0.2) is 11.5 Å². The van der Waals surface area contributed by atoms with E-state index in [-0.39, 0.29) is 0 Å². The van der Waals surface area contributed by atoms with Crippen molar-refractivity contribution in [2.45, 2.75) is 9.79 Å². The lowest BCUT2D eigenvalue weighted by atomic mass is 10.2. The lowest BCUT2D eigenvalue weighted by molar-refractivity contribution is 0.323. The van der Waals surface area contributed by atoms with Crippen molar-refractivity contribution in [1.29, 1.82) is 0 Å². The third kappa shape index (κ3) is 3.10. The van der Waals surface area contributed by atoms with Gasteiger partial charge >= 0.3 is 0 Å². The van der Waals surface area contributed by atoms with Crippen LogP contribution in [0.25, 0.3) is 22.5 Å². The first-order chi connectivity index (χ1) is 13.2. The molecule has 0 saturated carbocycles. The fourth-order valence-electron chi connectivity index (χ4n) is 2.95. The van der Waals surface area contributed by atoms with Gasteiger partial charge in [-0.25, -0.2) is 4.98 Å². The first-order valence-electron chi connectivity index (χ1n) is 8.23. The van der Waals surface area contributed by atoms with Crippen molar-refractivity contribution in [3.8, 4) is 28.8 Å². The van der Waals surface area contributed by atoms with Crippen molar-refractivity contribution >= 4 is 22.7 Å². The number of hydrogen-bond donors (Lipinski definition) is 1. The van der Waals surface area contributed by atoms with Crippen LogP contribution in [-0.4, -0.2) is 31.3 Å². The summed E-state index contributed by atoms with van der Waals surface area (Å²) in [6.07, 6.45) is 3.20. The van der Waals surface area contributed by atoms with Crippen molar-refractivity contribution in [1.82, 2.24) is 9.97 Å². The fraction of sp³-hybridized carbons (Fsp3) is 0.150. The number of H-pyrrole nitrogens is 1. The van der Waals surface area contributed by atoms with E-state index in [9.17, 15) is 0 Å². The van der Waals surface area contributed by atoms with E-state index in [2.05, 4.69) is 16.0 Å². The van der Waals surface area contributed by atoms with E-state index in [1.807, 2.05) is 30.3 Å². The highest BCUT2D eigenvalue weighted by Gasteiger charge is 2.20. The Morgan fingerprint density at radius 3 is 2.37 bits per heavy atom. The van der Waals surface area contributed by atoms with E-state index in [1.165, 1.54) is 0 Å². The third-order valence-corrected chi connectivity index (χ3v) is 5.26. The number of hydrogen-bond acceptors (Lipinski definition) is 6. The second kappa shape index (κ2) is 7.28. The zero-order valence-corrected chi connectivity index (χ0v) is 15.9. The van der Waals surface area contributed by atoms with Crippen molar-refractivity contribution in [2.75, 3.05) is 21.3 Å². The van der Waals surface area contributed by atoms with Gasteiger partial charge < -0.3 is 23.6 Å². The smallest absolute Gasteiger partial charge is 0.244 e. The van der Waals surface area contributed by atoms with Crippen LogP contribution in [0.3, 0.4) is 0 Å². The molecule has 4 aromatic rings. The van der Waals surface area contributed by atoms with Crippen LogP contribution in [0.5, 0.6) is 17.2 Å². The minimum Gasteiger partial charge on any atom is -0.493 e. The molecule has 0 saturated heterocycles. The van der Waals surface area contributed by atoms with E-state index < -0.39 is 0 Å². The predicted octanol–water partition coefficient (Wildman–Crippen LogP) is 5.00. The van der Waals surface area contributed by atoms with Crippen LogP contribution in [-0.2, 0) is 0 Å². The number of nitrogens with zero attached hydrogens (tertiary/aromatic N) is 1. The van der Waals surface area contributed by atoms with Gasteiger partial charge in [0.1, 0.15) is 12.0 Å².